The van der Waals surface area contributed by atoms with Gasteiger partial charge in [0.15, 0.2) is 6.10 Å². The van der Waals surface area contributed by atoms with Crippen molar-refractivity contribution in [3.05, 3.63) is 52.1 Å². The fourth-order valence-corrected chi connectivity index (χ4v) is 3.61. The number of hydrogen-bond donors (Lipinski definition) is 1. The predicted molar refractivity (Wildman–Crippen MR) is 95.2 cm³/mol. The lowest BCUT2D eigenvalue weighted by molar-refractivity contribution is -0.154. The van der Waals surface area contributed by atoms with Gasteiger partial charge in [-0.3, -0.25) is 9.59 Å². The highest BCUT2D eigenvalue weighted by atomic mass is 32.1. The second-order valence-electron chi connectivity index (χ2n) is 5.26. The summed E-state index contributed by atoms with van der Waals surface area (Å²) in [4.78, 5) is 28.4. The average Bonchev–Trinajstić information content (AvgIpc) is 3.33. The van der Waals surface area contributed by atoms with Crippen LogP contribution < -0.4 is 5.32 Å². The minimum Gasteiger partial charge on any atom is -0.467 e. The summed E-state index contributed by atoms with van der Waals surface area (Å²) in [7, 11) is 0. The summed E-state index contributed by atoms with van der Waals surface area (Å²) in [5.41, 5.74) is 1.68. The number of esters is 1. The Balaban J connectivity index is 1.47. The van der Waals surface area contributed by atoms with E-state index in [0.29, 0.717) is 11.5 Å². The second kappa shape index (κ2) is 8.09. The van der Waals surface area contributed by atoms with Crippen molar-refractivity contribution in [2.24, 2.45) is 0 Å². The van der Waals surface area contributed by atoms with Gasteiger partial charge in [0.1, 0.15) is 10.8 Å². The maximum atomic E-state index is 12.0. The van der Waals surface area contributed by atoms with Crippen LogP contribution in [0, 0.1) is 0 Å². The molecule has 0 radical (unpaired) electrons. The highest BCUT2D eigenvalue weighted by molar-refractivity contribution is 7.14. The topological polar surface area (TPSA) is 81.4 Å². The molecular weight excluding hydrogens is 360 g/mol. The van der Waals surface area contributed by atoms with Gasteiger partial charge in [-0.25, -0.2) is 4.98 Å². The molecule has 0 aliphatic heterocycles. The first-order chi connectivity index (χ1) is 12.1. The van der Waals surface area contributed by atoms with Gasteiger partial charge in [-0.2, -0.15) is 11.3 Å². The molecule has 0 aliphatic rings. The second-order valence-corrected chi connectivity index (χ2v) is 6.90. The Labute approximate surface area is 152 Å². The number of carbonyl (C=O) groups excluding carboxylic acids is 2. The number of ether oxygens (including phenoxy) is 1. The Hall–Kier alpha value is -2.45. The minimum absolute atomic E-state index is 0.0381. The quantitative estimate of drug-likeness (QED) is 0.640. The van der Waals surface area contributed by atoms with Gasteiger partial charge in [-0.15, -0.1) is 11.3 Å². The van der Waals surface area contributed by atoms with Crippen LogP contribution in [0.2, 0.25) is 0 Å². The van der Waals surface area contributed by atoms with Gasteiger partial charge in [-0.05, 0) is 30.5 Å². The van der Waals surface area contributed by atoms with Gasteiger partial charge in [0.25, 0.3) is 5.91 Å². The molecule has 0 spiro atoms. The summed E-state index contributed by atoms with van der Waals surface area (Å²) < 4.78 is 10.3. The molecule has 0 aliphatic carbocycles. The summed E-state index contributed by atoms with van der Waals surface area (Å²) >= 11 is 3.08. The van der Waals surface area contributed by atoms with Gasteiger partial charge in [0.05, 0.1) is 24.9 Å². The molecule has 0 aromatic carbocycles. The Kier molecular flexibility index (Phi) is 5.62. The van der Waals surface area contributed by atoms with Gasteiger partial charge in [-0.1, -0.05) is 0 Å². The number of aromatic nitrogens is 1. The predicted octanol–water partition coefficient (Wildman–Crippen LogP) is 3.26. The number of hydrogen-bond acceptors (Lipinski definition) is 7. The molecule has 8 heteroatoms. The van der Waals surface area contributed by atoms with Crippen LogP contribution >= 0.6 is 22.7 Å². The van der Waals surface area contributed by atoms with Crippen molar-refractivity contribution in [1.29, 1.82) is 0 Å². The molecule has 3 aromatic heterocycles. The third-order valence-corrected chi connectivity index (χ3v) is 4.96. The van der Waals surface area contributed by atoms with Gasteiger partial charge < -0.3 is 14.5 Å². The molecule has 3 heterocycles. The standard InChI is InChI=1S/C17H16N2O4S2/c1-11(16(21)18-8-14-3-2-5-22-14)23-15(20)7-13-10-25-17(19-13)12-4-6-24-9-12/h2-6,9-11H,7-8H2,1H3,(H,18,21)/t11-/m0/s1. The van der Waals surface area contributed by atoms with Crippen LogP contribution in [0.25, 0.3) is 10.6 Å². The Morgan fingerprint density at radius 3 is 2.96 bits per heavy atom. The first-order valence-electron chi connectivity index (χ1n) is 7.58. The first-order valence-corrected chi connectivity index (χ1v) is 9.40. The van der Waals surface area contributed by atoms with Gasteiger partial charge in [0.2, 0.25) is 0 Å². The van der Waals surface area contributed by atoms with E-state index in [9.17, 15) is 9.59 Å². The summed E-state index contributed by atoms with van der Waals surface area (Å²) in [5.74, 6) is -0.222. The number of thiazole rings is 1. The first kappa shape index (κ1) is 17.4. The molecule has 0 unspecified atom stereocenters. The zero-order valence-electron chi connectivity index (χ0n) is 13.4. The molecule has 3 rings (SSSR count). The van der Waals surface area contributed by atoms with Crippen molar-refractivity contribution in [2.75, 3.05) is 0 Å². The lowest BCUT2D eigenvalue weighted by atomic mass is 10.3. The maximum absolute atomic E-state index is 12.0. The average molecular weight is 376 g/mol. The van der Waals surface area contributed by atoms with Crippen LogP contribution in [0.3, 0.4) is 0 Å². The fraction of sp³-hybridized carbons (Fsp3) is 0.235. The molecule has 0 saturated carbocycles. The van der Waals surface area contributed by atoms with E-state index >= 15 is 0 Å². The SMILES string of the molecule is C[C@H](OC(=O)Cc1csc(-c2ccsc2)n1)C(=O)NCc1ccco1. The number of furan rings is 1. The monoisotopic (exact) mass is 376 g/mol. The number of amides is 1. The maximum Gasteiger partial charge on any atom is 0.312 e. The van der Waals surface area contributed by atoms with E-state index < -0.39 is 12.1 Å². The van der Waals surface area contributed by atoms with E-state index in [1.807, 2.05) is 22.2 Å². The molecule has 1 atom stereocenters. The van der Waals surface area contributed by atoms with Crippen LogP contribution in [-0.2, 0) is 27.3 Å². The molecule has 25 heavy (non-hydrogen) atoms. The lowest BCUT2D eigenvalue weighted by Gasteiger charge is -2.12. The molecule has 0 bridgehead atoms. The third-order valence-electron chi connectivity index (χ3n) is 3.34. The zero-order valence-corrected chi connectivity index (χ0v) is 15.1. The van der Waals surface area contributed by atoms with Gasteiger partial charge in [0, 0.05) is 16.3 Å². The summed E-state index contributed by atoms with van der Waals surface area (Å²) in [5, 5.41) is 9.34. The Bertz CT molecular complexity index is 825. The molecule has 3 aromatic rings. The number of carbonyl (C=O) groups is 2. The van der Waals surface area contributed by atoms with Crippen LogP contribution in [0.1, 0.15) is 18.4 Å². The smallest absolute Gasteiger partial charge is 0.312 e. The van der Waals surface area contributed by atoms with E-state index in [0.717, 1.165) is 10.6 Å². The summed E-state index contributed by atoms with van der Waals surface area (Å²) in [6, 6.07) is 5.48. The van der Waals surface area contributed by atoms with Crippen molar-refractivity contribution in [1.82, 2.24) is 10.3 Å². The number of nitrogens with zero attached hydrogens (tertiary/aromatic N) is 1. The number of thiophene rings is 1. The van der Waals surface area contributed by atoms with Crippen molar-refractivity contribution >= 4 is 34.6 Å². The van der Waals surface area contributed by atoms with Crippen molar-refractivity contribution in [2.45, 2.75) is 26.0 Å². The third kappa shape index (κ3) is 4.77. The molecule has 1 amide bonds. The summed E-state index contributed by atoms with van der Waals surface area (Å²) in [6.45, 7) is 1.79. The molecular formula is C17H16N2O4S2. The molecule has 0 saturated heterocycles. The normalized spacial score (nSPS) is 11.9. The number of rotatable bonds is 7. The summed E-state index contributed by atoms with van der Waals surface area (Å²) in [6.07, 6.45) is 0.692. The van der Waals surface area contributed by atoms with E-state index in [-0.39, 0.29) is 18.9 Å². The van der Waals surface area contributed by atoms with Crippen molar-refractivity contribution < 1.29 is 18.7 Å². The highest BCUT2D eigenvalue weighted by Gasteiger charge is 2.19. The van der Waals surface area contributed by atoms with Crippen LogP contribution in [-0.4, -0.2) is 23.0 Å². The van der Waals surface area contributed by atoms with E-state index in [2.05, 4.69) is 10.3 Å². The molecule has 1 N–H and O–H groups in total. The Morgan fingerprint density at radius 2 is 2.24 bits per heavy atom. The van der Waals surface area contributed by atoms with Crippen LogP contribution in [0.15, 0.2) is 45.0 Å². The zero-order chi connectivity index (χ0) is 17.6. The van der Waals surface area contributed by atoms with Gasteiger partial charge >= 0.3 is 5.97 Å². The highest BCUT2D eigenvalue weighted by Crippen LogP contribution is 2.25. The van der Waals surface area contributed by atoms with E-state index in [1.165, 1.54) is 24.5 Å². The van der Waals surface area contributed by atoms with E-state index in [1.54, 1.807) is 23.5 Å². The van der Waals surface area contributed by atoms with Crippen molar-refractivity contribution in [3.63, 3.8) is 0 Å². The lowest BCUT2D eigenvalue weighted by Crippen LogP contribution is -2.35. The van der Waals surface area contributed by atoms with Crippen LogP contribution in [0.5, 0.6) is 0 Å². The van der Waals surface area contributed by atoms with Crippen molar-refractivity contribution in [3.8, 4) is 10.6 Å². The molecule has 6 nitrogen and oxygen atoms in total. The Morgan fingerprint density at radius 1 is 1.36 bits per heavy atom. The fourth-order valence-electron chi connectivity index (χ4n) is 2.08. The minimum atomic E-state index is -0.877. The van der Waals surface area contributed by atoms with Crippen LogP contribution in [0.4, 0.5) is 0 Å². The molecule has 0 fully saturated rings. The van der Waals surface area contributed by atoms with E-state index in [4.69, 9.17) is 9.15 Å². The molecule has 130 valence electrons. The number of nitrogens with one attached hydrogen (secondary N) is 1. The largest absolute Gasteiger partial charge is 0.467 e.